The van der Waals surface area contributed by atoms with E-state index < -0.39 is 46.3 Å². The van der Waals surface area contributed by atoms with Crippen LogP contribution in [0.5, 0.6) is 0 Å². The molecule has 0 aliphatic carbocycles. The first-order valence-electron chi connectivity index (χ1n) is 20.0. The molecule has 3 aromatic carbocycles. The maximum atomic E-state index is 16.0. The fourth-order valence-corrected chi connectivity index (χ4v) is 8.52. The summed E-state index contributed by atoms with van der Waals surface area (Å²) in [6.45, 7) is 4.39. The molecule has 1 amide bonds. The van der Waals surface area contributed by atoms with Gasteiger partial charge in [-0.25, -0.2) is 22.9 Å². The molecule has 2 atom stereocenters. The molecule has 326 valence electrons. The number of hydrogen-bond acceptors (Lipinski definition) is 12. The van der Waals surface area contributed by atoms with Crippen LogP contribution in [-0.2, 0) is 47.1 Å². The molecule has 2 fully saturated rings. The van der Waals surface area contributed by atoms with Gasteiger partial charge in [-0.2, -0.15) is 10.4 Å². The molecule has 6 rings (SSSR count). The highest BCUT2D eigenvalue weighted by Crippen LogP contribution is 2.41. The van der Waals surface area contributed by atoms with Crippen molar-refractivity contribution in [2.75, 3.05) is 53.0 Å². The van der Waals surface area contributed by atoms with Crippen molar-refractivity contribution < 1.29 is 46.5 Å². The number of halogens is 3. The predicted octanol–water partition coefficient (Wildman–Crippen LogP) is 6.09. The van der Waals surface area contributed by atoms with Crippen LogP contribution in [0.4, 0.5) is 13.2 Å². The Morgan fingerprint density at radius 1 is 0.984 bits per heavy atom. The van der Waals surface area contributed by atoms with E-state index in [1.54, 1.807) is 47.4 Å². The highest BCUT2D eigenvalue weighted by atomic mass is 32.2. The van der Waals surface area contributed by atoms with E-state index in [1.807, 2.05) is 20.0 Å². The Kier molecular flexibility index (Phi) is 16.1. The van der Waals surface area contributed by atoms with E-state index in [9.17, 15) is 23.2 Å². The molecular formula is C45H47F3N6O7S. The zero-order valence-corrected chi connectivity index (χ0v) is 35.1. The van der Waals surface area contributed by atoms with E-state index in [2.05, 4.69) is 15.0 Å². The molecule has 0 spiro atoms. The average Bonchev–Trinajstić information content (AvgIpc) is 3.79. The van der Waals surface area contributed by atoms with Crippen molar-refractivity contribution in [1.29, 1.82) is 5.26 Å². The first-order chi connectivity index (χ1) is 29.9. The Morgan fingerprint density at radius 2 is 1.76 bits per heavy atom. The summed E-state index contributed by atoms with van der Waals surface area (Å²) in [6.07, 6.45) is 8.48. The monoisotopic (exact) mass is 872 g/mol. The van der Waals surface area contributed by atoms with Crippen molar-refractivity contribution in [2.24, 2.45) is 0 Å². The molecule has 1 aromatic heterocycles. The number of likely N-dealkylation sites (N-methyl/N-ethyl adjacent to an activating group) is 1. The maximum Gasteiger partial charge on any atom is 0.338 e. The van der Waals surface area contributed by atoms with E-state index in [1.165, 1.54) is 53.4 Å². The summed E-state index contributed by atoms with van der Waals surface area (Å²) in [5.74, 6) is -3.62. The Morgan fingerprint density at radius 3 is 2.47 bits per heavy atom. The number of allylic oxidation sites excluding steroid dienone is 2. The van der Waals surface area contributed by atoms with E-state index in [0.29, 0.717) is 24.2 Å². The number of carbonyl (C=O) groups excluding carboxylic acids is 3. The Labute approximate surface area is 362 Å². The number of thioether (sulfide) groups is 1. The van der Waals surface area contributed by atoms with Gasteiger partial charge < -0.3 is 28.7 Å². The lowest BCUT2D eigenvalue weighted by Crippen LogP contribution is -2.47. The van der Waals surface area contributed by atoms with Gasteiger partial charge in [0.05, 0.1) is 54.0 Å². The second kappa shape index (κ2) is 21.8. The summed E-state index contributed by atoms with van der Waals surface area (Å²) < 4.78 is 69.6. The molecule has 4 aromatic rings. The van der Waals surface area contributed by atoms with Crippen molar-refractivity contribution in [1.82, 2.24) is 24.6 Å². The molecule has 1 unspecified atom stereocenters. The van der Waals surface area contributed by atoms with Crippen LogP contribution >= 0.6 is 11.8 Å². The molecule has 3 heterocycles. The molecule has 2 saturated heterocycles. The van der Waals surface area contributed by atoms with E-state index in [0.717, 1.165) is 31.3 Å². The van der Waals surface area contributed by atoms with Gasteiger partial charge in [0.1, 0.15) is 43.3 Å². The molecule has 17 heteroatoms. The standard InChI is InChI=1S/C45H47F3N6O7S/c1-31(62-36-25-59-43(60-26-36)10-6-4-7-33-12-11-32(23-49)21-39(33)47)45(27-54-30-50-29-51-54,38-14-13-35(46)22-40(38)48)28-61-44(57)37-9-5-3-8-34(37)24-58-42(56)16-15-41(55)53-19-17-52(2)18-20-53/h3-14,21-22,29-31,36,43H,15-20,24-28H2,1-2H3/b7-4+,10-6+/t31-,36?,43?,45?/m1/s1. The molecule has 0 saturated carbocycles. The third kappa shape index (κ3) is 12.2. The SMILES string of the molecule is C[C@@H](SC1COC(/C=C/C=C/c2ccc(C#N)cc2F)OC1)C(COC(=O)c1ccccc1COC(=O)CCC(=O)N1CCN(C)CC1)(Cn1cncn1)c1ccc(F)cc1F. The second-order valence-electron chi connectivity index (χ2n) is 15.0. The number of nitrogens with zero attached hydrogens (tertiary/aromatic N) is 6. The van der Waals surface area contributed by atoms with Gasteiger partial charge in [-0.15, -0.1) is 11.8 Å². The number of nitriles is 1. The average molecular weight is 873 g/mol. The number of piperazine rings is 1. The molecule has 2 aliphatic heterocycles. The van der Waals surface area contributed by atoms with E-state index >= 15 is 4.39 Å². The topological polar surface area (TPSA) is 149 Å². The highest BCUT2D eigenvalue weighted by Gasteiger charge is 2.44. The highest BCUT2D eigenvalue weighted by molar-refractivity contribution is 8.00. The number of esters is 2. The van der Waals surface area contributed by atoms with Crippen LogP contribution in [0.25, 0.3) is 6.08 Å². The smallest absolute Gasteiger partial charge is 0.338 e. The number of ether oxygens (including phenoxy) is 4. The first kappa shape index (κ1) is 45.7. The summed E-state index contributed by atoms with van der Waals surface area (Å²) in [6, 6.07) is 15.8. The summed E-state index contributed by atoms with van der Waals surface area (Å²) in [5, 5.41) is 12.4. The normalized spacial score (nSPS) is 18.6. The van der Waals surface area contributed by atoms with Crippen LogP contribution in [0, 0.1) is 28.8 Å². The summed E-state index contributed by atoms with van der Waals surface area (Å²) >= 11 is 1.41. The lowest BCUT2D eigenvalue weighted by Gasteiger charge is -2.41. The molecule has 0 bridgehead atoms. The molecule has 0 radical (unpaired) electrons. The fourth-order valence-electron chi connectivity index (χ4n) is 7.10. The third-order valence-corrected chi connectivity index (χ3v) is 12.2. The Balaban J connectivity index is 1.13. The van der Waals surface area contributed by atoms with Crippen LogP contribution in [0.2, 0.25) is 0 Å². The van der Waals surface area contributed by atoms with Crippen LogP contribution in [0.15, 0.2) is 91.5 Å². The van der Waals surface area contributed by atoms with Crippen LogP contribution < -0.4 is 0 Å². The van der Waals surface area contributed by atoms with Gasteiger partial charge in [0.2, 0.25) is 5.91 Å². The number of benzene rings is 3. The van der Waals surface area contributed by atoms with Gasteiger partial charge in [-0.3, -0.25) is 14.3 Å². The second-order valence-corrected chi connectivity index (χ2v) is 16.6. The molecule has 0 N–H and O–H groups in total. The van der Waals surface area contributed by atoms with E-state index in [-0.39, 0.29) is 73.7 Å². The van der Waals surface area contributed by atoms with Gasteiger partial charge in [-0.05, 0) is 37.4 Å². The number of carbonyl (C=O) groups is 3. The molecule has 62 heavy (non-hydrogen) atoms. The van der Waals surface area contributed by atoms with Gasteiger partial charge in [0.15, 0.2) is 6.29 Å². The minimum absolute atomic E-state index is 0.00976. The van der Waals surface area contributed by atoms with Gasteiger partial charge in [0, 0.05) is 60.6 Å². The summed E-state index contributed by atoms with van der Waals surface area (Å²) in [7, 11) is 1.99. The number of rotatable bonds is 17. The molecule has 2 aliphatic rings. The van der Waals surface area contributed by atoms with Crippen LogP contribution in [0.3, 0.4) is 0 Å². The van der Waals surface area contributed by atoms with Crippen molar-refractivity contribution in [3.8, 4) is 6.07 Å². The Hall–Kier alpha value is -5.80. The third-order valence-electron chi connectivity index (χ3n) is 10.7. The van der Waals surface area contributed by atoms with E-state index in [4.69, 9.17) is 24.2 Å². The predicted molar refractivity (Wildman–Crippen MR) is 224 cm³/mol. The lowest BCUT2D eigenvalue weighted by atomic mass is 9.77. The number of hydrogen-bond donors (Lipinski definition) is 0. The fraction of sp³-hybridized carbons (Fsp3) is 0.378. The van der Waals surface area contributed by atoms with Crippen molar-refractivity contribution in [3.63, 3.8) is 0 Å². The van der Waals surface area contributed by atoms with Gasteiger partial charge >= 0.3 is 11.9 Å². The van der Waals surface area contributed by atoms with Crippen LogP contribution in [0.1, 0.15) is 52.4 Å². The van der Waals surface area contributed by atoms with Crippen molar-refractivity contribution in [3.05, 3.63) is 137 Å². The largest absolute Gasteiger partial charge is 0.461 e. The molecular weight excluding hydrogens is 826 g/mol. The summed E-state index contributed by atoms with van der Waals surface area (Å²) in [4.78, 5) is 47.2. The zero-order valence-electron chi connectivity index (χ0n) is 34.3. The lowest BCUT2D eigenvalue weighted by molar-refractivity contribution is -0.147. The minimum Gasteiger partial charge on any atom is -0.461 e. The van der Waals surface area contributed by atoms with Crippen molar-refractivity contribution >= 4 is 35.7 Å². The van der Waals surface area contributed by atoms with Gasteiger partial charge in [0.25, 0.3) is 0 Å². The minimum atomic E-state index is -1.36. The number of amides is 1. The zero-order chi connectivity index (χ0) is 44.1. The summed E-state index contributed by atoms with van der Waals surface area (Å²) in [5.41, 5.74) is -0.249. The quantitative estimate of drug-likeness (QED) is 0.0893. The van der Waals surface area contributed by atoms with Crippen molar-refractivity contribution in [2.45, 2.75) is 55.1 Å². The first-order valence-corrected chi connectivity index (χ1v) is 21.0. The number of aromatic nitrogens is 3. The van der Waals surface area contributed by atoms with Gasteiger partial charge in [-0.1, -0.05) is 55.5 Å². The molecule has 13 nitrogen and oxygen atoms in total. The van der Waals surface area contributed by atoms with Crippen LogP contribution in [-0.4, -0.2) is 112 Å². The Bertz CT molecular complexity index is 2270. The maximum absolute atomic E-state index is 16.0.